The fraction of sp³-hybridized carbons (Fsp3) is 0.410. The van der Waals surface area contributed by atoms with Crippen LogP contribution in [-0.2, 0) is 40.4 Å². The van der Waals surface area contributed by atoms with Gasteiger partial charge in [-0.2, -0.15) is 5.10 Å². The van der Waals surface area contributed by atoms with Crippen molar-refractivity contribution in [1.29, 1.82) is 0 Å². The van der Waals surface area contributed by atoms with Crippen LogP contribution in [0.2, 0.25) is 0 Å². The van der Waals surface area contributed by atoms with Crippen molar-refractivity contribution in [3.05, 3.63) is 83.3 Å². The van der Waals surface area contributed by atoms with E-state index in [0.717, 1.165) is 44.1 Å². The summed E-state index contributed by atoms with van der Waals surface area (Å²) in [5, 5.41) is 20.8. The molecule has 0 saturated heterocycles. The van der Waals surface area contributed by atoms with Crippen LogP contribution in [0.5, 0.6) is 5.75 Å². The maximum Gasteiger partial charge on any atom is 0.410 e. The number of amides is 1. The van der Waals surface area contributed by atoms with Gasteiger partial charge in [-0.1, -0.05) is 54.6 Å². The van der Waals surface area contributed by atoms with E-state index >= 15 is 0 Å². The van der Waals surface area contributed by atoms with Crippen molar-refractivity contribution in [2.24, 2.45) is 0 Å². The Labute approximate surface area is 293 Å². The fourth-order valence-electron chi connectivity index (χ4n) is 6.34. The molecule has 0 bridgehead atoms. The molecule has 0 fully saturated rings. The van der Waals surface area contributed by atoms with E-state index in [2.05, 4.69) is 22.3 Å². The minimum absolute atomic E-state index is 0.215. The number of fused-ring (bicyclic) bond motifs is 2. The van der Waals surface area contributed by atoms with Gasteiger partial charge >= 0.3 is 12.1 Å². The number of rotatable bonds is 15. The molecule has 0 unspecified atom stereocenters. The number of hydrogen-bond acceptors (Lipinski definition) is 8. The molecule has 3 aromatic carbocycles. The minimum Gasteiger partial charge on any atom is -0.493 e. The summed E-state index contributed by atoms with van der Waals surface area (Å²) < 4.78 is 25.0. The molecule has 50 heavy (non-hydrogen) atoms. The zero-order chi connectivity index (χ0) is 35.8. The van der Waals surface area contributed by atoms with Crippen molar-refractivity contribution in [3.63, 3.8) is 0 Å². The summed E-state index contributed by atoms with van der Waals surface area (Å²) in [7, 11) is 3.30. The molecule has 11 nitrogen and oxygen atoms in total. The number of carbonyl (C=O) groups is 2. The van der Waals surface area contributed by atoms with E-state index in [1.165, 1.54) is 0 Å². The Kier molecular flexibility index (Phi) is 11.8. The number of ether oxygens (including phenoxy) is 4. The Morgan fingerprint density at radius 1 is 1.00 bits per heavy atom. The second-order valence-electron chi connectivity index (χ2n) is 13.2. The van der Waals surface area contributed by atoms with E-state index in [1.54, 1.807) is 26.0 Å². The zero-order valence-electron chi connectivity index (χ0n) is 29.9. The van der Waals surface area contributed by atoms with Crippen molar-refractivity contribution in [2.45, 2.75) is 72.3 Å². The molecule has 5 rings (SSSR count). The van der Waals surface area contributed by atoms with E-state index in [4.69, 9.17) is 18.9 Å². The lowest BCUT2D eigenvalue weighted by Crippen LogP contribution is -2.35. The van der Waals surface area contributed by atoms with Crippen LogP contribution in [0.25, 0.3) is 32.8 Å². The first-order chi connectivity index (χ1) is 24.1. The van der Waals surface area contributed by atoms with Gasteiger partial charge in [0.2, 0.25) is 0 Å². The predicted molar refractivity (Wildman–Crippen MR) is 193 cm³/mol. The number of carbonyl (C=O) groups excluding carboxylic acids is 2. The van der Waals surface area contributed by atoms with Gasteiger partial charge in [0, 0.05) is 49.1 Å². The molecule has 2 N–H and O–H groups in total. The number of aliphatic hydroxyl groups excluding tert-OH is 1. The van der Waals surface area contributed by atoms with Crippen LogP contribution in [0.15, 0.2) is 60.7 Å². The highest BCUT2D eigenvalue weighted by Gasteiger charge is 2.28. The molecule has 1 amide bonds. The summed E-state index contributed by atoms with van der Waals surface area (Å²) in [5.41, 5.74) is 4.23. The highest BCUT2D eigenvalue weighted by molar-refractivity contribution is 6.05. The number of methoxy groups -OCH3 is 1. The van der Waals surface area contributed by atoms with Gasteiger partial charge < -0.3 is 33.5 Å². The van der Waals surface area contributed by atoms with Crippen molar-refractivity contribution < 1.29 is 33.6 Å². The number of aromatic nitrogens is 3. The van der Waals surface area contributed by atoms with Gasteiger partial charge in [0.05, 0.1) is 43.3 Å². The van der Waals surface area contributed by atoms with Gasteiger partial charge in [0.25, 0.3) is 0 Å². The smallest absolute Gasteiger partial charge is 0.410 e. The second-order valence-corrected chi connectivity index (χ2v) is 13.2. The Morgan fingerprint density at radius 3 is 2.48 bits per heavy atom. The Morgan fingerprint density at radius 2 is 1.74 bits per heavy atom. The third-order valence-corrected chi connectivity index (χ3v) is 8.44. The van der Waals surface area contributed by atoms with Crippen LogP contribution in [-0.4, -0.2) is 76.4 Å². The van der Waals surface area contributed by atoms with Gasteiger partial charge in [0.1, 0.15) is 17.0 Å². The molecule has 0 aliphatic rings. The number of nitrogens with zero attached hydrogens (tertiary/aromatic N) is 3. The number of aryl methyl sites for hydroxylation is 2. The molecule has 0 saturated carbocycles. The monoisotopic (exact) mass is 684 g/mol. The first-order valence-corrected chi connectivity index (χ1v) is 17.1. The average molecular weight is 685 g/mol. The lowest BCUT2D eigenvalue weighted by molar-refractivity contribution is 0.0294. The van der Waals surface area contributed by atoms with Gasteiger partial charge in [0.15, 0.2) is 0 Å². The maximum atomic E-state index is 13.9. The SMILES string of the molecule is CCOC(=O)c1c(CCCOc2cccc3ccccc23)c2cccc(-c3c(COC)n[nH]c3CO)c2n1CCCN(C)C(=O)OC(C)(C)C. The van der Waals surface area contributed by atoms with E-state index in [-0.39, 0.29) is 19.8 Å². The molecule has 0 atom stereocenters. The lowest BCUT2D eigenvalue weighted by Gasteiger charge is -2.24. The van der Waals surface area contributed by atoms with Crippen molar-refractivity contribution >= 4 is 33.7 Å². The quantitative estimate of drug-likeness (QED) is 0.0871. The number of nitrogens with one attached hydrogen (secondary N) is 1. The highest BCUT2D eigenvalue weighted by atomic mass is 16.6. The molecule has 11 heteroatoms. The van der Waals surface area contributed by atoms with Gasteiger partial charge in [-0.3, -0.25) is 5.10 Å². The Balaban J connectivity index is 1.55. The van der Waals surface area contributed by atoms with Crippen LogP contribution in [0.1, 0.15) is 68.0 Å². The van der Waals surface area contributed by atoms with Gasteiger partial charge in [-0.15, -0.1) is 0 Å². The molecular weight excluding hydrogens is 636 g/mol. The topological polar surface area (TPSA) is 128 Å². The maximum absolute atomic E-state index is 13.9. The summed E-state index contributed by atoms with van der Waals surface area (Å²) in [6, 6.07) is 20.1. The van der Waals surface area contributed by atoms with Crippen molar-refractivity contribution in [2.75, 3.05) is 33.9 Å². The predicted octanol–water partition coefficient (Wildman–Crippen LogP) is 7.27. The molecule has 0 aliphatic heterocycles. The molecular formula is C39H48N4O7. The minimum atomic E-state index is -0.616. The van der Waals surface area contributed by atoms with Crippen molar-refractivity contribution in [1.82, 2.24) is 19.7 Å². The van der Waals surface area contributed by atoms with Crippen LogP contribution < -0.4 is 4.74 Å². The number of aromatic amines is 1. The van der Waals surface area contributed by atoms with Crippen LogP contribution >= 0.6 is 0 Å². The Hall–Kier alpha value is -4.87. The number of para-hydroxylation sites is 1. The van der Waals surface area contributed by atoms with Crippen LogP contribution in [0.4, 0.5) is 4.79 Å². The molecule has 2 heterocycles. The number of aliphatic hydroxyl groups is 1. The first kappa shape index (κ1) is 36.4. The number of benzene rings is 3. The van der Waals surface area contributed by atoms with Gasteiger partial charge in [-0.05, 0) is 64.0 Å². The summed E-state index contributed by atoms with van der Waals surface area (Å²) in [6.45, 7) is 8.73. The normalized spacial score (nSPS) is 11.7. The molecule has 266 valence electrons. The molecule has 0 radical (unpaired) electrons. The highest BCUT2D eigenvalue weighted by Crippen LogP contribution is 2.38. The summed E-state index contributed by atoms with van der Waals surface area (Å²) in [4.78, 5) is 28.2. The fourth-order valence-corrected chi connectivity index (χ4v) is 6.34. The largest absolute Gasteiger partial charge is 0.493 e. The standard InChI is InChI=1S/C39H48N4O7/c1-7-48-37(45)36-29(19-12-23-49-33-20-10-15-26-14-8-9-16-27(26)33)28-17-11-18-30(34-31(24-44)40-41-32(34)25-47-6)35(28)43(36)22-13-21-42(5)38(46)50-39(2,3)4/h8-11,14-18,20,44H,7,12-13,19,21-25H2,1-6H3,(H,40,41). The van der Waals surface area contributed by atoms with E-state index < -0.39 is 17.7 Å². The summed E-state index contributed by atoms with van der Waals surface area (Å²) in [6.07, 6.45) is 1.31. The summed E-state index contributed by atoms with van der Waals surface area (Å²) in [5.74, 6) is 0.390. The number of esters is 1. The lowest BCUT2D eigenvalue weighted by atomic mass is 9.98. The Bertz CT molecular complexity index is 1930. The van der Waals surface area contributed by atoms with Crippen LogP contribution in [0, 0.1) is 0 Å². The third-order valence-electron chi connectivity index (χ3n) is 8.44. The van der Waals surface area contributed by atoms with E-state index in [9.17, 15) is 14.7 Å². The molecule has 0 aliphatic carbocycles. The molecule has 2 aromatic heterocycles. The zero-order valence-corrected chi connectivity index (χ0v) is 29.9. The van der Waals surface area contributed by atoms with E-state index in [0.29, 0.717) is 56.0 Å². The average Bonchev–Trinajstić information content (AvgIpc) is 3.64. The molecule has 0 spiro atoms. The third kappa shape index (κ3) is 8.11. The molecule has 5 aromatic rings. The second kappa shape index (κ2) is 16.2. The van der Waals surface area contributed by atoms with Gasteiger partial charge in [-0.25, -0.2) is 9.59 Å². The van der Waals surface area contributed by atoms with Crippen LogP contribution in [0.3, 0.4) is 0 Å². The first-order valence-electron chi connectivity index (χ1n) is 17.1. The number of H-pyrrole nitrogens is 1. The van der Waals surface area contributed by atoms with Crippen molar-refractivity contribution in [3.8, 4) is 16.9 Å². The number of hydrogen-bond donors (Lipinski definition) is 2. The summed E-state index contributed by atoms with van der Waals surface area (Å²) >= 11 is 0. The van der Waals surface area contributed by atoms with E-state index in [1.807, 2.05) is 73.9 Å².